The molecule has 0 aliphatic heterocycles. The van der Waals surface area contributed by atoms with Crippen molar-refractivity contribution in [1.29, 1.82) is 0 Å². The van der Waals surface area contributed by atoms with E-state index in [2.05, 4.69) is 5.32 Å². The van der Waals surface area contributed by atoms with Gasteiger partial charge in [-0.05, 0) is 31.2 Å². The van der Waals surface area contributed by atoms with Crippen LogP contribution in [-0.4, -0.2) is 27.9 Å². The highest BCUT2D eigenvalue weighted by atomic mass is 32.2. The highest BCUT2D eigenvalue weighted by molar-refractivity contribution is 7.89. The lowest BCUT2D eigenvalue weighted by Gasteiger charge is -2.07. The molecule has 0 amide bonds. The molecule has 1 aromatic rings. The Kier molecular flexibility index (Phi) is 4.83. The van der Waals surface area contributed by atoms with E-state index in [4.69, 9.17) is 0 Å². The van der Waals surface area contributed by atoms with Crippen molar-refractivity contribution in [3.63, 3.8) is 0 Å². The molecule has 0 unspecified atom stereocenters. The predicted octanol–water partition coefficient (Wildman–Crippen LogP) is 1.66. The van der Waals surface area contributed by atoms with Gasteiger partial charge in [-0.2, -0.15) is 0 Å². The van der Waals surface area contributed by atoms with Crippen molar-refractivity contribution < 1.29 is 17.2 Å². The Labute approximate surface area is 99.1 Å². The van der Waals surface area contributed by atoms with E-state index in [9.17, 15) is 17.2 Å². The lowest BCUT2D eigenvalue weighted by atomic mass is 10.3. The second-order valence-electron chi connectivity index (χ2n) is 3.30. The van der Waals surface area contributed by atoms with Crippen molar-refractivity contribution in [2.75, 3.05) is 18.4 Å². The molecule has 0 saturated heterocycles. The third kappa shape index (κ3) is 4.27. The second-order valence-corrected chi connectivity index (χ2v) is 5.06. The number of hydrogen-bond donors (Lipinski definition) is 2. The van der Waals surface area contributed by atoms with Crippen LogP contribution in [-0.2, 0) is 10.0 Å². The van der Waals surface area contributed by atoms with Gasteiger partial charge in [0.2, 0.25) is 10.0 Å². The fourth-order valence-corrected chi connectivity index (χ4v) is 2.22. The van der Waals surface area contributed by atoms with E-state index in [1.807, 2.05) is 11.6 Å². The Hall–Kier alpha value is -1.21. The van der Waals surface area contributed by atoms with Gasteiger partial charge in [0.25, 0.3) is 6.43 Å². The third-order valence-corrected chi connectivity index (χ3v) is 3.41. The smallest absolute Gasteiger partial charge is 0.251 e. The van der Waals surface area contributed by atoms with Gasteiger partial charge < -0.3 is 5.32 Å². The summed E-state index contributed by atoms with van der Waals surface area (Å²) in [5.74, 6) is 0. The Morgan fingerprint density at radius 1 is 1.24 bits per heavy atom. The number of halogens is 2. The Balaban J connectivity index is 2.77. The zero-order valence-electron chi connectivity index (χ0n) is 9.28. The van der Waals surface area contributed by atoms with Gasteiger partial charge in [0.05, 0.1) is 11.4 Å². The molecule has 0 spiro atoms. The zero-order chi connectivity index (χ0) is 12.9. The highest BCUT2D eigenvalue weighted by Gasteiger charge is 2.15. The molecule has 96 valence electrons. The van der Waals surface area contributed by atoms with Gasteiger partial charge in [0.15, 0.2) is 0 Å². The minimum atomic E-state index is -3.84. The van der Waals surface area contributed by atoms with Crippen molar-refractivity contribution in [3.05, 3.63) is 24.3 Å². The third-order valence-electron chi connectivity index (χ3n) is 1.97. The summed E-state index contributed by atoms with van der Waals surface area (Å²) in [6.45, 7) is 1.75. The van der Waals surface area contributed by atoms with Gasteiger partial charge in [-0.3, -0.25) is 0 Å². The molecule has 0 saturated carbocycles. The van der Waals surface area contributed by atoms with Crippen LogP contribution in [0.5, 0.6) is 0 Å². The monoisotopic (exact) mass is 264 g/mol. The summed E-state index contributed by atoms with van der Waals surface area (Å²) in [6, 6.07) is 5.90. The van der Waals surface area contributed by atoms with Gasteiger partial charge >= 0.3 is 0 Å². The van der Waals surface area contributed by atoms with Crippen molar-refractivity contribution in [1.82, 2.24) is 4.72 Å². The molecule has 2 N–H and O–H groups in total. The summed E-state index contributed by atoms with van der Waals surface area (Å²) < 4.78 is 48.7. The molecule has 1 aromatic carbocycles. The van der Waals surface area contributed by atoms with Crippen molar-refractivity contribution >= 4 is 15.7 Å². The van der Waals surface area contributed by atoms with Crippen LogP contribution in [0.1, 0.15) is 6.92 Å². The molecule has 17 heavy (non-hydrogen) atoms. The average Bonchev–Trinajstić information content (AvgIpc) is 2.28. The van der Waals surface area contributed by atoms with Crippen LogP contribution in [0.4, 0.5) is 14.5 Å². The molecule has 0 heterocycles. The van der Waals surface area contributed by atoms with Gasteiger partial charge in [-0.25, -0.2) is 21.9 Å². The molecule has 0 radical (unpaired) electrons. The fourth-order valence-electron chi connectivity index (χ4n) is 1.21. The summed E-state index contributed by atoms with van der Waals surface area (Å²) in [4.78, 5) is -0.0280. The van der Waals surface area contributed by atoms with E-state index in [0.29, 0.717) is 0 Å². The summed E-state index contributed by atoms with van der Waals surface area (Å²) >= 11 is 0. The number of hydrogen-bond acceptors (Lipinski definition) is 3. The summed E-state index contributed by atoms with van der Waals surface area (Å²) in [7, 11) is -3.84. The molecule has 0 atom stereocenters. The Bertz CT molecular complexity index is 446. The fraction of sp³-hybridized carbons (Fsp3) is 0.400. The number of benzene rings is 1. The average molecular weight is 264 g/mol. The highest BCUT2D eigenvalue weighted by Crippen LogP contribution is 2.13. The summed E-state index contributed by atoms with van der Waals surface area (Å²) in [6.07, 6.45) is -2.70. The minimum Gasteiger partial charge on any atom is -0.385 e. The molecule has 0 aromatic heterocycles. The minimum absolute atomic E-state index is 0.0280. The van der Waals surface area contributed by atoms with Crippen LogP contribution in [0, 0.1) is 0 Å². The zero-order valence-corrected chi connectivity index (χ0v) is 10.1. The van der Waals surface area contributed by atoms with E-state index < -0.39 is 23.0 Å². The van der Waals surface area contributed by atoms with E-state index in [0.717, 1.165) is 12.2 Å². The first-order valence-electron chi connectivity index (χ1n) is 5.07. The van der Waals surface area contributed by atoms with Crippen LogP contribution in [0.15, 0.2) is 29.2 Å². The molecular weight excluding hydrogens is 250 g/mol. The summed E-state index contributed by atoms with van der Waals surface area (Å²) in [5, 5.41) is 3.00. The molecule has 0 aliphatic carbocycles. The van der Waals surface area contributed by atoms with Crippen LogP contribution >= 0.6 is 0 Å². The van der Waals surface area contributed by atoms with E-state index in [1.54, 1.807) is 12.1 Å². The number of anilines is 1. The normalized spacial score (nSPS) is 11.8. The topological polar surface area (TPSA) is 58.2 Å². The Morgan fingerprint density at radius 3 is 2.29 bits per heavy atom. The maximum absolute atomic E-state index is 11.9. The first-order chi connectivity index (χ1) is 7.95. The maximum atomic E-state index is 11.9. The summed E-state index contributed by atoms with van der Waals surface area (Å²) in [5.41, 5.74) is 0.778. The van der Waals surface area contributed by atoms with Gasteiger partial charge in [-0.15, -0.1) is 0 Å². The van der Waals surface area contributed by atoms with E-state index in [-0.39, 0.29) is 4.90 Å². The quantitative estimate of drug-likeness (QED) is 0.821. The largest absolute Gasteiger partial charge is 0.385 e. The molecule has 4 nitrogen and oxygen atoms in total. The van der Waals surface area contributed by atoms with E-state index in [1.165, 1.54) is 12.1 Å². The number of rotatable bonds is 6. The Morgan fingerprint density at radius 2 is 1.82 bits per heavy atom. The van der Waals surface area contributed by atoms with Crippen LogP contribution in [0.3, 0.4) is 0 Å². The van der Waals surface area contributed by atoms with Crippen molar-refractivity contribution in [2.24, 2.45) is 0 Å². The first kappa shape index (κ1) is 13.9. The number of sulfonamides is 1. The van der Waals surface area contributed by atoms with Crippen LogP contribution in [0.25, 0.3) is 0 Å². The molecular formula is C10H14F2N2O2S. The van der Waals surface area contributed by atoms with Gasteiger partial charge in [0, 0.05) is 12.2 Å². The number of alkyl halides is 2. The lowest BCUT2D eigenvalue weighted by molar-refractivity contribution is 0.153. The lowest BCUT2D eigenvalue weighted by Crippen LogP contribution is -2.28. The molecule has 0 bridgehead atoms. The van der Waals surface area contributed by atoms with Crippen LogP contribution in [0.2, 0.25) is 0 Å². The maximum Gasteiger partial charge on any atom is 0.251 e. The van der Waals surface area contributed by atoms with Gasteiger partial charge in [-0.1, -0.05) is 0 Å². The van der Waals surface area contributed by atoms with Crippen LogP contribution < -0.4 is 10.0 Å². The molecule has 0 aliphatic rings. The van der Waals surface area contributed by atoms with Crippen molar-refractivity contribution in [3.8, 4) is 0 Å². The molecule has 0 fully saturated rings. The number of nitrogens with one attached hydrogen (secondary N) is 2. The van der Waals surface area contributed by atoms with Crippen molar-refractivity contribution in [2.45, 2.75) is 18.2 Å². The SMILES string of the molecule is CCNc1ccc(S(=O)(=O)NCC(F)F)cc1. The first-order valence-corrected chi connectivity index (χ1v) is 6.56. The van der Waals surface area contributed by atoms with Gasteiger partial charge in [0.1, 0.15) is 0 Å². The van der Waals surface area contributed by atoms with E-state index >= 15 is 0 Å². The molecule has 1 rings (SSSR count). The predicted molar refractivity (Wildman–Crippen MR) is 61.8 cm³/mol. The molecule has 7 heteroatoms. The standard InChI is InChI=1S/C10H14F2N2O2S/c1-2-13-8-3-5-9(6-4-8)17(15,16)14-7-10(11)12/h3-6,10,13-14H,2,7H2,1H3. The second kappa shape index (κ2) is 5.92.